The Hall–Kier alpha value is -2.56. The Morgan fingerprint density at radius 1 is 1.37 bits per heavy atom. The van der Waals surface area contributed by atoms with Crippen LogP contribution in [0.25, 0.3) is 0 Å². The molecule has 1 amide bonds. The summed E-state index contributed by atoms with van der Waals surface area (Å²) in [5, 5.41) is 14.5. The number of carbonyl (C=O) groups excluding carboxylic acids is 1. The fourth-order valence-electron chi connectivity index (χ4n) is 3.76. The lowest BCUT2D eigenvalue weighted by Gasteiger charge is -2.37. The average molecular weight is 428 g/mol. The topological polar surface area (TPSA) is 74.6 Å². The number of methoxy groups -OCH3 is 2. The van der Waals surface area contributed by atoms with Crippen LogP contribution in [0.15, 0.2) is 29.6 Å². The highest BCUT2D eigenvalue weighted by atomic mass is 32.1. The third kappa shape index (κ3) is 4.30. The summed E-state index contributed by atoms with van der Waals surface area (Å²) in [7, 11) is 3.27. The van der Waals surface area contributed by atoms with Crippen LogP contribution in [0.1, 0.15) is 42.8 Å². The Labute approximate surface area is 182 Å². The maximum absolute atomic E-state index is 12.9. The molecule has 2 atom stereocenters. The third-order valence-corrected chi connectivity index (χ3v) is 6.84. The van der Waals surface area contributed by atoms with Crippen LogP contribution in [0.2, 0.25) is 0 Å². The minimum absolute atomic E-state index is 0.0124. The van der Waals surface area contributed by atoms with Crippen molar-refractivity contribution in [3.8, 4) is 17.6 Å². The van der Waals surface area contributed by atoms with Crippen molar-refractivity contribution in [2.75, 3.05) is 27.3 Å². The first-order valence-electron chi connectivity index (χ1n) is 10.1. The van der Waals surface area contributed by atoms with E-state index in [4.69, 9.17) is 9.47 Å². The molecule has 30 heavy (non-hydrogen) atoms. The highest BCUT2D eigenvalue weighted by Gasteiger charge is 2.35. The summed E-state index contributed by atoms with van der Waals surface area (Å²) < 4.78 is 11.0. The molecule has 0 unspecified atom stereocenters. The largest absolute Gasteiger partial charge is 0.493 e. The predicted molar refractivity (Wildman–Crippen MR) is 118 cm³/mol. The summed E-state index contributed by atoms with van der Waals surface area (Å²) in [4.78, 5) is 16.2. The van der Waals surface area contributed by atoms with Crippen molar-refractivity contribution in [2.24, 2.45) is 5.92 Å². The monoisotopic (exact) mass is 427 g/mol. The summed E-state index contributed by atoms with van der Waals surface area (Å²) in [6.07, 6.45) is 0.810. The molecule has 1 aromatic heterocycles. The molecule has 160 valence electrons. The van der Waals surface area contributed by atoms with Crippen LogP contribution < -0.4 is 14.8 Å². The van der Waals surface area contributed by atoms with Gasteiger partial charge in [-0.3, -0.25) is 9.69 Å². The number of amides is 1. The van der Waals surface area contributed by atoms with Gasteiger partial charge in [0.2, 0.25) is 5.91 Å². The van der Waals surface area contributed by atoms with Crippen molar-refractivity contribution in [1.82, 2.24) is 10.2 Å². The van der Waals surface area contributed by atoms with Gasteiger partial charge in [-0.1, -0.05) is 19.9 Å². The molecular weight excluding hydrogens is 398 g/mol. The van der Waals surface area contributed by atoms with Crippen LogP contribution in [0, 0.1) is 17.2 Å². The third-order valence-electron chi connectivity index (χ3n) is 5.92. The molecule has 0 bridgehead atoms. The van der Waals surface area contributed by atoms with Crippen molar-refractivity contribution < 1.29 is 14.3 Å². The molecule has 0 radical (unpaired) electrons. The average Bonchev–Trinajstić information content (AvgIpc) is 3.26. The molecule has 1 N–H and O–H groups in total. The smallest absolute Gasteiger partial charge is 0.235 e. The van der Waals surface area contributed by atoms with Crippen LogP contribution in [0.4, 0.5) is 0 Å². The van der Waals surface area contributed by atoms with Crippen molar-refractivity contribution in [1.29, 1.82) is 5.26 Å². The number of hydrogen-bond donors (Lipinski definition) is 1. The molecular formula is C23H29N3O3S. The predicted octanol–water partition coefficient (Wildman–Crippen LogP) is 3.77. The minimum atomic E-state index is -0.889. The first-order valence-corrected chi connectivity index (χ1v) is 11.0. The van der Waals surface area contributed by atoms with Gasteiger partial charge in [0.25, 0.3) is 0 Å². The molecule has 6 nitrogen and oxygen atoms in total. The number of nitriles is 1. The number of nitrogens with zero attached hydrogens (tertiary/aromatic N) is 2. The molecule has 1 aromatic carbocycles. The number of hydrogen-bond acceptors (Lipinski definition) is 6. The first-order chi connectivity index (χ1) is 14.3. The number of rotatable bonds is 7. The van der Waals surface area contributed by atoms with Crippen LogP contribution in [0.5, 0.6) is 11.5 Å². The molecule has 0 aliphatic carbocycles. The molecule has 1 aliphatic rings. The summed E-state index contributed by atoms with van der Waals surface area (Å²) in [5.74, 6) is 1.27. The van der Waals surface area contributed by atoms with Gasteiger partial charge in [0.1, 0.15) is 5.54 Å². The quantitative estimate of drug-likeness (QED) is 0.728. The van der Waals surface area contributed by atoms with E-state index in [2.05, 4.69) is 22.4 Å². The number of benzene rings is 1. The first kappa shape index (κ1) is 22.1. The van der Waals surface area contributed by atoms with Gasteiger partial charge in [-0.05, 0) is 54.0 Å². The van der Waals surface area contributed by atoms with Gasteiger partial charge >= 0.3 is 0 Å². The molecule has 1 aliphatic heterocycles. The molecule has 7 heteroatoms. The van der Waals surface area contributed by atoms with E-state index < -0.39 is 5.54 Å². The van der Waals surface area contributed by atoms with E-state index in [1.54, 1.807) is 32.5 Å². The van der Waals surface area contributed by atoms with Gasteiger partial charge in [0.15, 0.2) is 11.5 Å². The van der Waals surface area contributed by atoms with Gasteiger partial charge in [-0.15, -0.1) is 11.3 Å². The molecule has 0 saturated carbocycles. The number of fused-ring (bicyclic) bond motifs is 1. The Morgan fingerprint density at radius 2 is 2.07 bits per heavy atom. The van der Waals surface area contributed by atoms with E-state index >= 15 is 0 Å². The lowest BCUT2D eigenvalue weighted by Crippen LogP contribution is -2.52. The van der Waals surface area contributed by atoms with Crippen LogP contribution >= 0.6 is 11.3 Å². The molecule has 0 fully saturated rings. The molecule has 2 aromatic rings. The van der Waals surface area contributed by atoms with Gasteiger partial charge in [0, 0.05) is 11.4 Å². The maximum atomic E-state index is 12.9. The second-order valence-corrected chi connectivity index (χ2v) is 9.04. The SMILES string of the molecule is COc1cc2c(cc1OC)[C@H](c1cccs1)N(CC(=O)N[C@@](C)(C#N)C(C)C)CC2. The Bertz CT molecular complexity index is 936. The minimum Gasteiger partial charge on any atom is -0.493 e. The lowest BCUT2D eigenvalue weighted by molar-refractivity contribution is -0.124. The fraction of sp³-hybridized carbons (Fsp3) is 0.478. The molecule has 0 saturated heterocycles. The number of carbonyl (C=O) groups is 1. The molecule has 0 spiro atoms. The van der Waals surface area contributed by atoms with Crippen molar-refractivity contribution in [3.05, 3.63) is 45.6 Å². The highest BCUT2D eigenvalue weighted by Crippen LogP contribution is 2.42. The zero-order chi connectivity index (χ0) is 21.9. The second-order valence-electron chi connectivity index (χ2n) is 8.06. The molecule has 2 heterocycles. The zero-order valence-corrected chi connectivity index (χ0v) is 19.0. The summed E-state index contributed by atoms with van der Waals surface area (Å²) in [6.45, 7) is 6.61. The van der Waals surface area contributed by atoms with Crippen molar-refractivity contribution in [2.45, 2.75) is 38.8 Å². The van der Waals surface area contributed by atoms with Crippen LogP contribution in [0.3, 0.4) is 0 Å². The van der Waals surface area contributed by atoms with Crippen LogP contribution in [-0.4, -0.2) is 43.7 Å². The summed E-state index contributed by atoms with van der Waals surface area (Å²) in [5.41, 5.74) is 1.44. The van der Waals surface area contributed by atoms with Crippen molar-refractivity contribution in [3.63, 3.8) is 0 Å². The number of thiophene rings is 1. The summed E-state index contributed by atoms with van der Waals surface area (Å²) in [6, 6.07) is 10.4. The van der Waals surface area contributed by atoms with Gasteiger partial charge in [0.05, 0.1) is 32.9 Å². The van der Waals surface area contributed by atoms with E-state index in [1.165, 1.54) is 10.4 Å². The zero-order valence-electron chi connectivity index (χ0n) is 18.2. The highest BCUT2D eigenvalue weighted by molar-refractivity contribution is 7.10. The number of ether oxygens (including phenoxy) is 2. The Kier molecular flexibility index (Phi) is 6.69. The Morgan fingerprint density at radius 3 is 2.63 bits per heavy atom. The molecule has 3 rings (SSSR count). The summed E-state index contributed by atoms with van der Waals surface area (Å²) >= 11 is 1.67. The number of nitrogens with one attached hydrogen (secondary N) is 1. The van der Waals surface area contributed by atoms with Crippen molar-refractivity contribution >= 4 is 17.2 Å². The second kappa shape index (κ2) is 9.07. The maximum Gasteiger partial charge on any atom is 0.235 e. The van der Waals surface area contributed by atoms with Gasteiger partial charge < -0.3 is 14.8 Å². The standard InChI is InChI=1S/C23H29N3O3S/c1-15(2)23(3,14-24)25-21(27)13-26-9-8-16-11-18(28-4)19(29-5)12-17(16)22(26)20-7-6-10-30-20/h6-7,10-12,15,22H,8-9,13H2,1-5H3,(H,25,27)/t22-,23+/m1/s1. The van der Waals surface area contributed by atoms with Crippen LogP contribution in [-0.2, 0) is 11.2 Å². The van der Waals surface area contributed by atoms with Gasteiger partial charge in [-0.2, -0.15) is 5.26 Å². The lowest BCUT2D eigenvalue weighted by atomic mass is 9.89. The van der Waals surface area contributed by atoms with E-state index in [-0.39, 0.29) is 24.4 Å². The van der Waals surface area contributed by atoms with E-state index in [9.17, 15) is 10.1 Å². The fourth-order valence-corrected chi connectivity index (χ4v) is 4.64. The van der Waals surface area contributed by atoms with E-state index in [1.807, 2.05) is 37.4 Å². The van der Waals surface area contributed by atoms with Gasteiger partial charge in [-0.25, -0.2) is 0 Å². The van der Waals surface area contributed by atoms with E-state index in [0.717, 1.165) is 18.5 Å². The normalized spacial score (nSPS) is 18.2. The Balaban J connectivity index is 1.93. The van der Waals surface area contributed by atoms with E-state index in [0.29, 0.717) is 11.5 Å².